The minimum absolute atomic E-state index is 0.218. The lowest BCUT2D eigenvalue weighted by molar-refractivity contribution is -0.121. The highest BCUT2D eigenvalue weighted by atomic mass is 16.1. The van der Waals surface area contributed by atoms with Crippen molar-refractivity contribution in [1.82, 2.24) is 20.0 Å². The molecule has 0 heterocycles. The monoisotopic (exact) mass is 1270 g/mol. The van der Waals surface area contributed by atoms with Crippen molar-refractivity contribution in [3.8, 4) is 0 Å². The standard InChI is InChI=1S/C86H160N4O/c1-10-14-18-22-25-27-29-31-33-35-37-39-41-46-53-60-68-82(80-87-86(91)76-77-88(5)6)69-61-54-50-51-59-67-75-85(73-65-57-45-24-20-16-12-3)84(72-64-52-21-17-13-4)74-66-58-49-44-43-48-56-63-71-83(81-90(9)79-78-89(7)8)70-62-55-47-42-40-38-36-34-32-30-28-26-23-19-15-11-2/h25-28,31-34,45,57,64,66,72-74,82-84H,10-24,29-30,35-44,46-56,58-63,65,67-71,75-81H2,1-9H3,(H,87,91). The van der Waals surface area contributed by atoms with E-state index in [1.54, 1.807) is 5.57 Å². The maximum Gasteiger partial charge on any atom is 0.221 e. The molecule has 0 rings (SSSR count). The molecule has 0 aromatic carbocycles. The third kappa shape index (κ3) is 68.5. The van der Waals surface area contributed by atoms with Gasteiger partial charge in [-0.2, -0.15) is 0 Å². The summed E-state index contributed by atoms with van der Waals surface area (Å²) < 4.78 is 0. The smallest absolute Gasteiger partial charge is 0.221 e. The van der Waals surface area contributed by atoms with Gasteiger partial charge in [0, 0.05) is 45.1 Å². The van der Waals surface area contributed by atoms with Crippen LogP contribution >= 0.6 is 0 Å². The molecule has 0 radical (unpaired) electrons. The largest absolute Gasteiger partial charge is 0.356 e. The Morgan fingerprint density at radius 3 is 1.04 bits per heavy atom. The first kappa shape index (κ1) is 88.3. The summed E-state index contributed by atoms with van der Waals surface area (Å²) in [6.45, 7) is 14.5. The molecule has 0 saturated carbocycles. The van der Waals surface area contributed by atoms with Crippen molar-refractivity contribution >= 4 is 5.91 Å². The van der Waals surface area contributed by atoms with Gasteiger partial charge in [0.15, 0.2) is 0 Å². The molecule has 0 aliphatic heterocycles. The van der Waals surface area contributed by atoms with Crippen molar-refractivity contribution in [2.24, 2.45) is 17.8 Å². The number of hydrogen-bond donors (Lipinski definition) is 1. The highest BCUT2D eigenvalue weighted by molar-refractivity contribution is 5.76. The maximum absolute atomic E-state index is 12.8. The lowest BCUT2D eigenvalue weighted by Gasteiger charge is -2.25. The Hall–Kier alpha value is -2.73. The predicted molar refractivity (Wildman–Crippen MR) is 413 cm³/mol. The summed E-state index contributed by atoms with van der Waals surface area (Å²) in [7, 11) is 10.9. The second-order valence-corrected chi connectivity index (χ2v) is 28.6. The molecule has 530 valence electrons. The van der Waals surface area contributed by atoms with Crippen LogP contribution in [0.4, 0.5) is 0 Å². The molecule has 0 spiro atoms. The SMILES string of the molecule is CCCCCC=CCC=CCCCCCCCCC(CCCCCCCCC(=CCC=CCCCCC)C(C=CCCCCC)C=CCCCCCCCCC(CCCCCCCCC=CCC=CCCCCC)CN(C)CCN(C)C)CNC(=O)CCN(C)C. The number of unbranched alkanes of at least 4 members (excludes halogenated alkanes) is 35. The summed E-state index contributed by atoms with van der Waals surface area (Å²) in [5.41, 5.74) is 1.65. The lowest BCUT2D eigenvalue weighted by atomic mass is 9.90. The van der Waals surface area contributed by atoms with Crippen molar-refractivity contribution in [3.63, 3.8) is 0 Å². The molecule has 0 aromatic rings. The number of nitrogens with one attached hydrogen (secondary N) is 1. The number of carbonyl (C=O) groups is 1. The van der Waals surface area contributed by atoms with Gasteiger partial charge in [-0.25, -0.2) is 0 Å². The molecule has 3 unspecified atom stereocenters. The Morgan fingerprint density at radius 1 is 0.330 bits per heavy atom. The first-order valence-electron chi connectivity index (χ1n) is 40.2. The van der Waals surface area contributed by atoms with E-state index < -0.39 is 0 Å². The zero-order valence-corrected chi connectivity index (χ0v) is 62.9. The van der Waals surface area contributed by atoms with Gasteiger partial charge < -0.3 is 20.0 Å². The molecular formula is C86H160N4O. The summed E-state index contributed by atoms with van der Waals surface area (Å²) in [6.07, 6.45) is 104. The highest BCUT2D eigenvalue weighted by Crippen LogP contribution is 2.26. The van der Waals surface area contributed by atoms with Crippen molar-refractivity contribution in [2.75, 3.05) is 68.0 Å². The molecule has 1 amide bonds. The van der Waals surface area contributed by atoms with Crippen molar-refractivity contribution in [2.45, 2.75) is 362 Å². The average molecular weight is 1270 g/mol. The number of allylic oxidation sites excluding steroid dienone is 16. The summed E-state index contributed by atoms with van der Waals surface area (Å²) in [5, 5.41) is 3.34. The average Bonchev–Trinajstić information content (AvgIpc) is 3.75. The molecule has 1 N–H and O–H groups in total. The number of hydrogen-bond acceptors (Lipinski definition) is 4. The van der Waals surface area contributed by atoms with E-state index in [-0.39, 0.29) is 5.91 Å². The van der Waals surface area contributed by atoms with E-state index in [2.05, 4.69) is 174 Å². The summed E-state index contributed by atoms with van der Waals surface area (Å²) in [6, 6.07) is 0. The Kier molecular flexibility index (Phi) is 70.9. The van der Waals surface area contributed by atoms with Gasteiger partial charge in [0.25, 0.3) is 0 Å². The molecule has 0 bridgehead atoms. The van der Waals surface area contributed by atoms with Crippen LogP contribution in [0, 0.1) is 17.8 Å². The van der Waals surface area contributed by atoms with Crippen LogP contribution in [0.2, 0.25) is 0 Å². The fourth-order valence-corrected chi connectivity index (χ4v) is 12.6. The van der Waals surface area contributed by atoms with Gasteiger partial charge in [-0.1, -0.05) is 304 Å². The molecule has 0 saturated heterocycles. The van der Waals surface area contributed by atoms with E-state index in [1.807, 2.05) is 0 Å². The number of rotatable bonds is 71. The van der Waals surface area contributed by atoms with Gasteiger partial charge in [0.2, 0.25) is 5.91 Å². The molecule has 91 heavy (non-hydrogen) atoms. The lowest BCUT2D eigenvalue weighted by Crippen LogP contribution is -2.32. The number of amides is 1. The fourth-order valence-electron chi connectivity index (χ4n) is 12.6. The third-order valence-corrected chi connectivity index (χ3v) is 18.8. The van der Waals surface area contributed by atoms with Gasteiger partial charge in [-0.3, -0.25) is 4.79 Å². The molecule has 0 aromatic heterocycles. The first-order valence-corrected chi connectivity index (χ1v) is 40.2. The molecule has 3 atom stereocenters. The van der Waals surface area contributed by atoms with E-state index in [0.29, 0.717) is 18.3 Å². The van der Waals surface area contributed by atoms with Crippen LogP contribution in [-0.4, -0.2) is 88.6 Å². The first-order chi connectivity index (χ1) is 44.7. The Bertz CT molecular complexity index is 1730. The van der Waals surface area contributed by atoms with Gasteiger partial charge in [0.1, 0.15) is 0 Å². The van der Waals surface area contributed by atoms with E-state index >= 15 is 0 Å². The second kappa shape index (κ2) is 73.1. The minimum Gasteiger partial charge on any atom is -0.356 e. The van der Waals surface area contributed by atoms with Crippen LogP contribution in [0.1, 0.15) is 362 Å². The quantitative estimate of drug-likeness (QED) is 0.0487. The van der Waals surface area contributed by atoms with E-state index in [4.69, 9.17) is 0 Å². The number of likely N-dealkylation sites (N-methyl/N-ethyl adjacent to an activating group) is 2. The van der Waals surface area contributed by atoms with Gasteiger partial charge in [-0.15, -0.1) is 0 Å². The summed E-state index contributed by atoms with van der Waals surface area (Å²) >= 11 is 0. The zero-order valence-electron chi connectivity index (χ0n) is 62.9. The van der Waals surface area contributed by atoms with Crippen LogP contribution in [0.5, 0.6) is 0 Å². The van der Waals surface area contributed by atoms with E-state index in [1.165, 1.54) is 321 Å². The number of carbonyl (C=O) groups excluding carboxylic acids is 1. The van der Waals surface area contributed by atoms with Gasteiger partial charge in [-0.05, 0) is 195 Å². The molecular weight excluding hydrogens is 1100 g/mol. The Labute approximate surface area is 571 Å². The van der Waals surface area contributed by atoms with Crippen LogP contribution in [-0.2, 0) is 4.79 Å². The fraction of sp³-hybridized carbons (Fsp3) is 0.802. The van der Waals surface area contributed by atoms with Crippen molar-refractivity contribution in [1.29, 1.82) is 0 Å². The van der Waals surface area contributed by atoms with E-state index in [9.17, 15) is 4.79 Å². The van der Waals surface area contributed by atoms with Crippen LogP contribution < -0.4 is 5.32 Å². The predicted octanol–water partition coefficient (Wildman–Crippen LogP) is 26.2. The molecule has 0 fully saturated rings. The Morgan fingerprint density at radius 2 is 0.659 bits per heavy atom. The normalized spacial score (nSPS) is 13.8. The topological polar surface area (TPSA) is 38.8 Å². The molecule has 5 nitrogen and oxygen atoms in total. The number of nitrogens with zero attached hydrogens (tertiary/aromatic N) is 3. The van der Waals surface area contributed by atoms with E-state index in [0.717, 1.165) is 44.8 Å². The van der Waals surface area contributed by atoms with Gasteiger partial charge >= 0.3 is 0 Å². The Balaban J connectivity index is 5.22. The van der Waals surface area contributed by atoms with Gasteiger partial charge in [0.05, 0.1) is 0 Å². The zero-order chi connectivity index (χ0) is 66.2. The van der Waals surface area contributed by atoms with Crippen LogP contribution in [0.25, 0.3) is 0 Å². The van der Waals surface area contributed by atoms with Crippen LogP contribution in [0.15, 0.2) is 96.7 Å². The molecule has 0 aliphatic carbocycles. The molecule has 5 heteroatoms. The minimum atomic E-state index is 0.218. The highest BCUT2D eigenvalue weighted by Gasteiger charge is 2.14. The second-order valence-electron chi connectivity index (χ2n) is 28.6. The van der Waals surface area contributed by atoms with Crippen LogP contribution in [0.3, 0.4) is 0 Å². The summed E-state index contributed by atoms with van der Waals surface area (Å²) in [4.78, 5) is 19.8. The third-order valence-electron chi connectivity index (χ3n) is 18.8. The molecule has 0 aliphatic rings. The summed E-state index contributed by atoms with van der Waals surface area (Å²) in [5.74, 6) is 2.09. The maximum atomic E-state index is 12.8. The van der Waals surface area contributed by atoms with Crippen molar-refractivity contribution < 1.29 is 4.79 Å². The van der Waals surface area contributed by atoms with Crippen molar-refractivity contribution in [3.05, 3.63) is 96.7 Å².